The third-order valence-corrected chi connectivity index (χ3v) is 8.29. The van der Waals surface area contributed by atoms with E-state index in [9.17, 15) is 33.2 Å². The lowest BCUT2D eigenvalue weighted by Crippen LogP contribution is -2.66. The molecule has 2 N–H and O–H groups in total. The molecule has 3 aliphatic rings. The zero-order valence-electron chi connectivity index (χ0n) is 22.7. The normalized spacial score (nSPS) is 22.7. The molecular weight excluding hydrogens is 568 g/mol. The Labute approximate surface area is 243 Å². The van der Waals surface area contributed by atoms with Crippen molar-refractivity contribution in [1.82, 2.24) is 15.5 Å². The smallest absolute Gasteiger partial charge is 0.252 e. The van der Waals surface area contributed by atoms with Crippen LogP contribution in [0.5, 0.6) is 0 Å². The fourth-order valence-corrected chi connectivity index (χ4v) is 6.30. The lowest BCUT2D eigenvalue weighted by Gasteiger charge is -2.49. The second-order valence-electron chi connectivity index (χ2n) is 11.0. The van der Waals surface area contributed by atoms with Crippen molar-refractivity contribution in [2.45, 2.75) is 62.2 Å². The zero-order valence-corrected chi connectivity index (χ0v) is 22.7. The molecule has 3 aromatic rings. The first-order chi connectivity index (χ1) is 20.5. The highest BCUT2D eigenvalue weighted by atomic mass is 19.3. The number of alkyl halides is 2. The number of nitrogens with one attached hydrogen (secondary N) is 1. The van der Waals surface area contributed by atoms with Crippen LogP contribution in [0.2, 0.25) is 0 Å². The van der Waals surface area contributed by atoms with Crippen molar-refractivity contribution in [3.63, 3.8) is 0 Å². The van der Waals surface area contributed by atoms with Crippen molar-refractivity contribution in [1.29, 1.82) is 5.26 Å². The number of amides is 2. The van der Waals surface area contributed by atoms with Gasteiger partial charge in [-0.25, -0.2) is 22.5 Å². The van der Waals surface area contributed by atoms with Crippen LogP contribution in [0.1, 0.15) is 48.8 Å². The molecule has 0 spiro atoms. The molecule has 1 saturated heterocycles. The number of rotatable bonds is 7. The number of pyridine rings is 1. The van der Waals surface area contributed by atoms with Crippen LogP contribution < -0.4 is 15.2 Å². The van der Waals surface area contributed by atoms with Gasteiger partial charge in [-0.15, -0.1) is 0 Å². The lowest BCUT2D eigenvalue weighted by atomic mass is 9.84. The Balaban J connectivity index is 1.50. The summed E-state index contributed by atoms with van der Waals surface area (Å²) in [5.74, 6) is -5.39. The van der Waals surface area contributed by atoms with Gasteiger partial charge in [0, 0.05) is 31.5 Å². The topological polar surface area (TPSA) is 113 Å². The molecule has 1 aromatic heterocycles. The number of halogens is 4. The highest BCUT2D eigenvalue weighted by Gasteiger charge is 2.57. The highest BCUT2D eigenvalue weighted by Crippen LogP contribution is 2.48. The second kappa shape index (κ2) is 10.6. The Kier molecular flexibility index (Phi) is 7.06. The molecule has 9 nitrogen and oxygen atoms in total. The van der Waals surface area contributed by atoms with Crippen LogP contribution >= 0.6 is 0 Å². The number of carbonyl (C=O) groups is 2. The summed E-state index contributed by atoms with van der Waals surface area (Å²) in [5, 5.41) is 25.8. The van der Waals surface area contributed by atoms with E-state index in [2.05, 4.69) is 10.3 Å². The van der Waals surface area contributed by atoms with Gasteiger partial charge >= 0.3 is 0 Å². The largest absolute Gasteiger partial charge is 0.351 e. The molecule has 0 unspecified atom stereocenters. The number of hydroxylamine groups is 1. The van der Waals surface area contributed by atoms with Crippen LogP contribution in [0, 0.1) is 23.0 Å². The number of nitrogens with zero attached hydrogens (tertiary/aromatic N) is 5. The molecule has 6 rings (SSSR count). The van der Waals surface area contributed by atoms with Gasteiger partial charge in [-0.1, -0.05) is 23.4 Å². The van der Waals surface area contributed by atoms with Gasteiger partial charge in [0.15, 0.2) is 5.54 Å². The number of hydrogen-bond donors (Lipinski definition) is 2. The van der Waals surface area contributed by atoms with E-state index in [0.29, 0.717) is 5.17 Å². The van der Waals surface area contributed by atoms with Gasteiger partial charge in [-0.2, -0.15) is 5.26 Å². The second-order valence-corrected chi connectivity index (χ2v) is 11.0. The Morgan fingerprint density at radius 3 is 2.60 bits per heavy atom. The van der Waals surface area contributed by atoms with Gasteiger partial charge in [0.1, 0.15) is 23.6 Å². The minimum Gasteiger partial charge on any atom is -0.351 e. The van der Waals surface area contributed by atoms with Crippen LogP contribution in [-0.2, 0) is 21.5 Å². The first-order valence-electron chi connectivity index (χ1n) is 13.7. The molecule has 222 valence electrons. The van der Waals surface area contributed by atoms with Crippen LogP contribution in [0.4, 0.5) is 29.1 Å². The number of hydrogen-bond acceptors (Lipinski definition) is 7. The van der Waals surface area contributed by atoms with Crippen molar-refractivity contribution in [3.05, 3.63) is 89.1 Å². The first kappa shape index (κ1) is 28.6. The van der Waals surface area contributed by atoms with Crippen molar-refractivity contribution >= 4 is 23.3 Å². The standard InChI is InChI=1S/C30H26F4N6O3/c31-19-3-1-4-21(14-19)39(40(43)26-7-8-27(41)38(26)25-13-18(17-35)10-12-36-25)30(28(42)37-20-15-29(33,34)16-20)11-9-22-23(30)5-2-6-24(22)32/h1-6,10,12-14,20,26,43H,7-9,11,15-16H2,(H,37,42)/t26-,30-/m1/s1. The van der Waals surface area contributed by atoms with Gasteiger partial charge in [0.25, 0.3) is 11.8 Å². The van der Waals surface area contributed by atoms with E-state index in [1.807, 2.05) is 6.07 Å². The summed E-state index contributed by atoms with van der Waals surface area (Å²) in [6.07, 6.45) is -1.06. The Bertz CT molecular complexity index is 1640. The van der Waals surface area contributed by atoms with Gasteiger partial charge in [-0.3, -0.25) is 24.7 Å². The number of nitriles is 1. The lowest BCUT2D eigenvalue weighted by molar-refractivity contribution is -0.164. The van der Waals surface area contributed by atoms with E-state index in [0.717, 1.165) is 17.1 Å². The summed E-state index contributed by atoms with van der Waals surface area (Å²) < 4.78 is 57.3. The van der Waals surface area contributed by atoms with E-state index >= 15 is 4.39 Å². The molecule has 13 heteroatoms. The molecule has 0 bridgehead atoms. The first-order valence-corrected chi connectivity index (χ1v) is 13.7. The SMILES string of the molecule is N#Cc1ccnc(N2C(=O)CC[C@H]2N(O)N(c2cccc(F)c2)[C@]2(C(=O)NC3CC(F)(F)C3)CCc3c(F)cccc32)c1. The summed E-state index contributed by atoms with van der Waals surface area (Å²) in [6.45, 7) is 0. The molecule has 2 amide bonds. The molecule has 43 heavy (non-hydrogen) atoms. The van der Waals surface area contributed by atoms with Crippen molar-refractivity contribution in [2.75, 3.05) is 9.91 Å². The van der Waals surface area contributed by atoms with E-state index in [1.54, 1.807) is 0 Å². The molecule has 2 fully saturated rings. The molecule has 1 saturated carbocycles. The average Bonchev–Trinajstić information content (AvgIpc) is 3.54. The van der Waals surface area contributed by atoms with Crippen molar-refractivity contribution in [2.24, 2.45) is 0 Å². The summed E-state index contributed by atoms with van der Waals surface area (Å²) in [7, 11) is 0. The number of carbonyl (C=O) groups excluding carboxylic acids is 2. The van der Waals surface area contributed by atoms with Crippen molar-refractivity contribution in [3.8, 4) is 6.07 Å². The fraction of sp³-hybridized carbons (Fsp3) is 0.333. The number of anilines is 2. The van der Waals surface area contributed by atoms with Crippen molar-refractivity contribution < 1.29 is 32.4 Å². The Morgan fingerprint density at radius 2 is 1.88 bits per heavy atom. The Morgan fingerprint density at radius 1 is 1.12 bits per heavy atom. The highest BCUT2D eigenvalue weighted by molar-refractivity contribution is 5.96. The molecule has 2 atom stereocenters. The van der Waals surface area contributed by atoms with Crippen LogP contribution in [0.15, 0.2) is 60.8 Å². The molecule has 2 heterocycles. The summed E-state index contributed by atoms with van der Waals surface area (Å²) >= 11 is 0. The van der Waals surface area contributed by atoms with E-state index in [-0.39, 0.29) is 53.9 Å². The zero-order chi connectivity index (χ0) is 30.5. The van der Waals surface area contributed by atoms with Gasteiger partial charge in [-0.05, 0) is 66.8 Å². The third-order valence-electron chi connectivity index (χ3n) is 8.29. The van der Waals surface area contributed by atoms with Gasteiger partial charge in [0.05, 0.1) is 17.3 Å². The predicted octanol–water partition coefficient (Wildman–Crippen LogP) is 4.55. The summed E-state index contributed by atoms with van der Waals surface area (Å²) in [5.41, 5.74) is -1.37. The third kappa shape index (κ3) is 4.86. The van der Waals surface area contributed by atoms with E-state index < -0.39 is 60.0 Å². The summed E-state index contributed by atoms with van der Waals surface area (Å²) in [4.78, 5) is 32.8. The van der Waals surface area contributed by atoms with Crippen LogP contribution in [0.25, 0.3) is 0 Å². The minimum absolute atomic E-state index is 0.00765. The number of aromatic nitrogens is 1. The number of hydrazine groups is 1. The molecule has 0 radical (unpaired) electrons. The maximum absolute atomic E-state index is 15.1. The predicted molar refractivity (Wildman–Crippen MR) is 144 cm³/mol. The Hall–Kier alpha value is -4.54. The number of benzene rings is 2. The van der Waals surface area contributed by atoms with Crippen LogP contribution in [-0.4, -0.2) is 45.3 Å². The summed E-state index contributed by atoms with van der Waals surface area (Å²) in [6, 6.07) is 13.1. The quantitative estimate of drug-likeness (QED) is 0.305. The minimum atomic E-state index is -2.94. The van der Waals surface area contributed by atoms with E-state index in [4.69, 9.17) is 0 Å². The molecule has 2 aromatic carbocycles. The van der Waals surface area contributed by atoms with Gasteiger partial charge in [0.2, 0.25) is 5.91 Å². The van der Waals surface area contributed by atoms with E-state index in [1.165, 1.54) is 53.6 Å². The van der Waals surface area contributed by atoms with Crippen LogP contribution in [0.3, 0.4) is 0 Å². The molecular formula is C30H26F4N6O3. The molecule has 1 aliphatic heterocycles. The van der Waals surface area contributed by atoms with Gasteiger partial charge < -0.3 is 5.32 Å². The maximum atomic E-state index is 15.1. The molecule has 2 aliphatic carbocycles. The monoisotopic (exact) mass is 594 g/mol. The number of fused-ring (bicyclic) bond motifs is 1. The average molecular weight is 595 g/mol. The maximum Gasteiger partial charge on any atom is 0.252 e. The fourth-order valence-electron chi connectivity index (χ4n) is 6.30.